The van der Waals surface area contributed by atoms with Gasteiger partial charge in [0, 0.05) is 22.7 Å². The fourth-order valence-corrected chi connectivity index (χ4v) is 4.17. The number of amides is 1. The molecule has 2 aromatic carbocycles. The number of nitrogens with one attached hydrogen (secondary N) is 2. The van der Waals surface area contributed by atoms with Crippen LogP contribution >= 0.6 is 0 Å². The zero-order chi connectivity index (χ0) is 23.7. The van der Waals surface area contributed by atoms with Crippen molar-refractivity contribution in [1.82, 2.24) is 20.2 Å². The molecule has 0 aliphatic carbocycles. The average Bonchev–Trinajstić information content (AvgIpc) is 3.23. The average molecular weight is 459 g/mol. The summed E-state index contributed by atoms with van der Waals surface area (Å²) in [6, 6.07) is 17.0. The highest BCUT2D eigenvalue weighted by molar-refractivity contribution is 5.95. The molecule has 1 fully saturated rings. The van der Waals surface area contributed by atoms with E-state index in [2.05, 4.69) is 37.3 Å². The quantitative estimate of drug-likeness (QED) is 0.357. The van der Waals surface area contributed by atoms with Crippen LogP contribution < -0.4 is 21.7 Å². The second-order valence-corrected chi connectivity index (χ2v) is 8.23. The number of ether oxygens (including phenoxy) is 1. The molecular formula is C24H26N8O2. The molecule has 2 atom stereocenters. The maximum Gasteiger partial charge on any atom is 0.255 e. The number of aromatic amines is 1. The number of morpholine rings is 1. The van der Waals surface area contributed by atoms with Gasteiger partial charge in [0.05, 0.1) is 30.4 Å². The van der Waals surface area contributed by atoms with Crippen LogP contribution in [0.1, 0.15) is 13.3 Å². The Balaban J connectivity index is 1.43. The number of carbonyl (C=O) groups excluding carboxylic acids is 1. The lowest BCUT2D eigenvalue weighted by Crippen LogP contribution is -2.53. The Hall–Kier alpha value is -4.18. The fraction of sp³-hybridized carbons (Fsp3) is 0.250. The maximum atomic E-state index is 12.9. The maximum absolute atomic E-state index is 12.9. The highest BCUT2D eigenvalue weighted by atomic mass is 16.5. The van der Waals surface area contributed by atoms with Gasteiger partial charge in [-0.3, -0.25) is 9.89 Å². The van der Waals surface area contributed by atoms with E-state index in [9.17, 15) is 4.79 Å². The van der Waals surface area contributed by atoms with Crippen LogP contribution in [0.4, 0.5) is 23.3 Å². The molecule has 10 heteroatoms. The topological polar surface area (TPSA) is 148 Å². The van der Waals surface area contributed by atoms with Gasteiger partial charge >= 0.3 is 0 Å². The molecular weight excluding hydrogens is 432 g/mol. The second-order valence-electron chi connectivity index (χ2n) is 8.23. The number of nitrogens with two attached hydrogens (primary N) is 2. The number of hydrogen-bond donors (Lipinski definition) is 4. The first-order chi connectivity index (χ1) is 16.5. The summed E-state index contributed by atoms with van der Waals surface area (Å²) >= 11 is 0. The molecule has 1 amide bonds. The summed E-state index contributed by atoms with van der Waals surface area (Å²) in [5.74, 6) is 1.06. The number of anilines is 4. The van der Waals surface area contributed by atoms with E-state index in [4.69, 9.17) is 16.2 Å². The third-order valence-corrected chi connectivity index (χ3v) is 6.01. The highest BCUT2D eigenvalue weighted by Gasteiger charge is 2.33. The number of rotatable bonds is 5. The molecule has 0 saturated carbocycles. The van der Waals surface area contributed by atoms with E-state index in [1.54, 1.807) is 0 Å². The van der Waals surface area contributed by atoms with Crippen LogP contribution in [0.2, 0.25) is 0 Å². The lowest BCUT2D eigenvalue weighted by Gasteiger charge is -2.39. The van der Waals surface area contributed by atoms with Crippen LogP contribution in [-0.2, 0) is 9.53 Å². The molecule has 174 valence electrons. The van der Waals surface area contributed by atoms with Crippen LogP contribution in [0.25, 0.3) is 22.2 Å². The van der Waals surface area contributed by atoms with Gasteiger partial charge in [-0.2, -0.15) is 10.1 Å². The first-order valence-electron chi connectivity index (χ1n) is 11.1. The predicted octanol–water partition coefficient (Wildman–Crippen LogP) is 2.81. The van der Waals surface area contributed by atoms with Crippen LogP contribution in [-0.4, -0.2) is 51.4 Å². The molecule has 2 unspecified atom stereocenters. The molecule has 0 spiro atoms. The normalized spacial score (nSPS) is 18.2. The molecule has 3 heterocycles. The van der Waals surface area contributed by atoms with Crippen molar-refractivity contribution in [1.29, 1.82) is 0 Å². The van der Waals surface area contributed by atoms with Crippen LogP contribution in [0.15, 0.2) is 54.6 Å². The van der Waals surface area contributed by atoms with Crippen molar-refractivity contribution < 1.29 is 9.53 Å². The van der Waals surface area contributed by atoms with Gasteiger partial charge in [0.2, 0.25) is 5.95 Å². The third-order valence-electron chi connectivity index (χ3n) is 6.01. The van der Waals surface area contributed by atoms with Crippen molar-refractivity contribution in [3.8, 4) is 11.3 Å². The molecule has 4 aromatic rings. The third kappa shape index (κ3) is 4.23. The molecule has 34 heavy (non-hydrogen) atoms. The lowest BCUT2D eigenvalue weighted by atomic mass is 10.1. The van der Waals surface area contributed by atoms with Crippen molar-refractivity contribution in [2.24, 2.45) is 0 Å². The largest absolute Gasteiger partial charge is 0.382 e. The van der Waals surface area contributed by atoms with Crippen molar-refractivity contribution in [3.63, 3.8) is 0 Å². The number of hydrogen-bond acceptors (Lipinski definition) is 8. The molecule has 5 rings (SSSR count). The number of nitrogens with zero attached hydrogens (tertiary/aromatic N) is 4. The Kier molecular flexibility index (Phi) is 5.72. The van der Waals surface area contributed by atoms with Gasteiger partial charge < -0.3 is 26.4 Å². The van der Waals surface area contributed by atoms with Crippen LogP contribution in [0.3, 0.4) is 0 Å². The monoisotopic (exact) mass is 458 g/mol. The molecule has 0 radical (unpaired) electrons. The fourth-order valence-electron chi connectivity index (χ4n) is 4.17. The van der Waals surface area contributed by atoms with Gasteiger partial charge in [-0.1, -0.05) is 31.2 Å². The predicted molar refractivity (Wildman–Crippen MR) is 132 cm³/mol. The van der Waals surface area contributed by atoms with E-state index >= 15 is 0 Å². The number of H-pyrrole nitrogens is 1. The Morgan fingerprint density at radius 1 is 1.18 bits per heavy atom. The summed E-state index contributed by atoms with van der Waals surface area (Å²) in [6.45, 7) is 2.83. The number of para-hydroxylation sites is 1. The molecule has 10 nitrogen and oxygen atoms in total. The van der Waals surface area contributed by atoms with Gasteiger partial charge in [0.1, 0.15) is 5.82 Å². The van der Waals surface area contributed by atoms with E-state index in [1.807, 2.05) is 54.6 Å². The van der Waals surface area contributed by atoms with E-state index in [0.717, 1.165) is 28.6 Å². The number of aromatic nitrogens is 4. The SMILES string of the molecule is CCC1COC(C(=O)Nc2ccccc2)CN1c1cc(-c2ccc3c(N)n[nH]c3c2)nc(N)n1. The van der Waals surface area contributed by atoms with E-state index in [1.165, 1.54) is 0 Å². The first-order valence-corrected chi connectivity index (χ1v) is 11.1. The first kappa shape index (κ1) is 21.7. The summed E-state index contributed by atoms with van der Waals surface area (Å²) in [6.07, 6.45) is 0.179. The molecule has 1 aliphatic heterocycles. The lowest BCUT2D eigenvalue weighted by molar-refractivity contribution is -0.129. The van der Waals surface area contributed by atoms with Gasteiger partial charge in [0.25, 0.3) is 5.91 Å². The van der Waals surface area contributed by atoms with Gasteiger partial charge in [-0.15, -0.1) is 0 Å². The zero-order valence-electron chi connectivity index (χ0n) is 18.7. The Labute approximate surface area is 196 Å². The number of nitrogen functional groups attached to an aromatic ring is 2. The van der Waals surface area contributed by atoms with E-state index in [0.29, 0.717) is 30.5 Å². The molecule has 1 aliphatic rings. The summed E-state index contributed by atoms with van der Waals surface area (Å²) in [5, 5.41) is 10.7. The summed E-state index contributed by atoms with van der Waals surface area (Å²) in [7, 11) is 0. The van der Waals surface area contributed by atoms with Gasteiger partial charge in [0.15, 0.2) is 11.9 Å². The number of fused-ring (bicyclic) bond motifs is 1. The standard InChI is InChI=1S/C24H26N8O2/c1-2-16-13-34-20(23(33)27-15-6-4-3-5-7-15)12-32(16)21-11-18(28-24(26)29-21)14-8-9-17-19(10-14)30-31-22(17)25/h3-11,16,20H,2,12-13H2,1H3,(H,27,33)(H3,25,30,31)(H2,26,28,29). The van der Waals surface area contributed by atoms with Crippen molar-refractivity contribution in [2.45, 2.75) is 25.5 Å². The molecule has 1 saturated heterocycles. The van der Waals surface area contributed by atoms with E-state index in [-0.39, 0.29) is 17.9 Å². The summed E-state index contributed by atoms with van der Waals surface area (Å²) in [4.78, 5) is 23.9. The molecule has 6 N–H and O–H groups in total. The summed E-state index contributed by atoms with van der Waals surface area (Å²) < 4.78 is 5.91. The minimum absolute atomic E-state index is 0.0535. The number of benzene rings is 2. The smallest absolute Gasteiger partial charge is 0.255 e. The molecule has 0 bridgehead atoms. The van der Waals surface area contributed by atoms with E-state index < -0.39 is 6.10 Å². The van der Waals surface area contributed by atoms with Crippen LogP contribution in [0, 0.1) is 0 Å². The van der Waals surface area contributed by atoms with Crippen LogP contribution in [0.5, 0.6) is 0 Å². The molecule has 2 aromatic heterocycles. The summed E-state index contributed by atoms with van der Waals surface area (Å²) in [5.41, 5.74) is 15.1. The van der Waals surface area contributed by atoms with Crippen molar-refractivity contribution >= 4 is 40.1 Å². The van der Waals surface area contributed by atoms with Crippen molar-refractivity contribution in [3.05, 3.63) is 54.6 Å². The Morgan fingerprint density at radius 2 is 2.00 bits per heavy atom. The van der Waals surface area contributed by atoms with Gasteiger partial charge in [-0.25, -0.2) is 4.98 Å². The minimum Gasteiger partial charge on any atom is -0.382 e. The number of carbonyl (C=O) groups is 1. The Morgan fingerprint density at radius 3 is 2.79 bits per heavy atom. The minimum atomic E-state index is -0.646. The Bertz CT molecular complexity index is 1320. The second kappa shape index (κ2) is 8.99. The van der Waals surface area contributed by atoms with Crippen molar-refractivity contribution in [2.75, 3.05) is 34.8 Å². The highest BCUT2D eigenvalue weighted by Crippen LogP contribution is 2.29. The van der Waals surface area contributed by atoms with Gasteiger partial charge in [-0.05, 0) is 30.7 Å². The zero-order valence-corrected chi connectivity index (χ0v) is 18.7.